The molecule has 0 saturated carbocycles. The van der Waals surface area contributed by atoms with Crippen LogP contribution < -0.4 is 27.8 Å². The first-order chi connectivity index (χ1) is 16.0. The van der Waals surface area contributed by atoms with E-state index >= 15 is 0 Å². The van der Waals surface area contributed by atoms with E-state index in [1.807, 2.05) is 6.92 Å². The van der Waals surface area contributed by atoms with Crippen LogP contribution in [0.4, 0.5) is 0 Å². The van der Waals surface area contributed by atoms with Crippen molar-refractivity contribution in [2.45, 2.75) is 89.4 Å². The van der Waals surface area contributed by atoms with Gasteiger partial charge in [-0.1, -0.05) is 20.3 Å². The number of carboxylic acid groups (broad SMARTS) is 1. The van der Waals surface area contributed by atoms with Crippen molar-refractivity contribution in [1.29, 1.82) is 0 Å². The summed E-state index contributed by atoms with van der Waals surface area (Å²) in [4.78, 5) is 62.7. The quantitative estimate of drug-likeness (QED) is 0.155. The molecular weight excluding hydrogens is 444 g/mol. The van der Waals surface area contributed by atoms with Gasteiger partial charge in [0.1, 0.15) is 18.1 Å². The monoisotopic (exact) mass is 484 g/mol. The highest BCUT2D eigenvalue weighted by Gasteiger charge is 2.38. The second kappa shape index (κ2) is 14.5. The Labute approximate surface area is 200 Å². The van der Waals surface area contributed by atoms with Crippen molar-refractivity contribution in [2.24, 2.45) is 23.1 Å². The largest absolute Gasteiger partial charge is 0.480 e. The number of likely N-dealkylation sites (tertiary alicyclic amines) is 1. The summed E-state index contributed by atoms with van der Waals surface area (Å²) in [6, 6.07) is -3.81. The number of unbranched alkanes of at least 4 members (excludes halogenated alkanes) is 1. The van der Waals surface area contributed by atoms with Crippen LogP contribution >= 0.6 is 0 Å². The average Bonchev–Trinajstić information content (AvgIpc) is 3.29. The molecule has 1 fully saturated rings. The lowest BCUT2D eigenvalue weighted by molar-refractivity contribution is -0.143. The fraction of sp³-hybridized carbons (Fsp3) is 0.773. The van der Waals surface area contributed by atoms with Crippen LogP contribution in [0, 0.1) is 5.92 Å². The highest BCUT2D eigenvalue weighted by atomic mass is 16.4. The van der Waals surface area contributed by atoms with E-state index in [1.165, 1.54) is 4.90 Å². The van der Waals surface area contributed by atoms with Crippen LogP contribution in [0.5, 0.6) is 0 Å². The molecule has 12 heteroatoms. The van der Waals surface area contributed by atoms with Gasteiger partial charge in [0.15, 0.2) is 0 Å². The minimum atomic E-state index is -1.16. The Morgan fingerprint density at radius 2 is 1.79 bits per heavy atom. The Kier molecular flexibility index (Phi) is 12.5. The number of amides is 4. The van der Waals surface area contributed by atoms with E-state index < -0.39 is 53.8 Å². The van der Waals surface area contributed by atoms with Gasteiger partial charge in [0.05, 0.1) is 6.04 Å². The number of carboxylic acids is 1. The van der Waals surface area contributed by atoms with Gasteiger partial charge < -0.3 is 37.8 Å². The van der Waals surface area contributed by atoms with Crippen LogP contribution in [0.15, 0.2) is 0 Å². The second-order valence-corrected chi connectivity index (χ2v) is 8.86. The van der Waals surface area contributed by atoms with Crippen molar-refractivity contribution in [3.8, 4) is 0 Å². The number of hydrogen-bond acceptors (Lipinski definition) is 7. The van der Waals surface area contributed by atoms with Crippen molar-refractivity contribution in [3.05, 3.63) is 0 Å². The topological polar surface area (TPSA) is 211 Å². The third-order valence-electron chi connectivity index (χ3n) is 6.21. The van der Waals surface area contributed by atoms with Gasteiger partial charge in [-0.05, 0) is 51.0 Å². The van der Waals surface area contributed by atoms with Gasteiger partial charge in [0.2, 0.25) is 23.6 Å². The average molecular weight is 485 g/mol. The standard InChI is InChI=1S/C22H40N6O6/c1-3-13(2)18(20(31)26-15(22(33)34)7-4-5-11-23)27-19(30)16-8-6-12-28(16)21(32)14(24)9-10-17(25)29/h13-16,18H,3-12,23-24H2,1-2H3,(H2,25,29)(H,26,31)(H,27,30)(H,33,34). The van der Waals surface area contributed by atoms with Crippen molar-refractivity contribution in [2.75, 3.05) is 13.1 Å². The Morgan fingerprint density at radius 3 is 2.35 bits per heavy atom. The maximum atomic E-state index is 13.1. The van der Waals surface area contributed by atoms with Crippen LogP contribution in [0.2, 0.25) is 0 Å². The summed E-state index contributed by atoms with van der Waals surface area (Å²) in [5.41, 5.74) is 16.5. The summed E-state index contributed by atoms with van der Waals surface area (Å²) in [6.45, 7) is 4.40. The van der Waals surface area contributed by atoms with E-state index in [-0.39, 0.29) is 25.2 Å². The number of nitrogens with two attached hydrogens (primary N) is 3. The molecule has 194 valence electrons. The highest BCUT2D eigenvalue weighted by Crippen LogP contribution is 2.20. The molecule has 4 amide bonds. The molecule has 0 aromatic carbocycles. The molecule has 0 aromatic rings. The smallest absolute Gasteiger partial charge is 0.326 e. The van der Waals surface area contributed by atoms with Gasteiger partial charge in [0, 0.05) is 13.0 Å². The van der Waals surface area contributed by atoms with E-state index in [9.17, 15) is 29.1 Å². The molecular formula is C22H40N6O6. The van der Waals surface area contributed by atoms with E-state index in [0.29, 0.717) is 45.2 Å². The lowest BCUT2D eigenvalue weighted by atomic mass is 9.97. The molecule has 34 heavy (non-hydrogen) atoms. The Bertz CT molecular complexity index is 733. The van der Waals surface area contributed by atoms with E-state index in [2.05, 4.69) is 10.6 Å². The molecule has 5 atom stereocenters. The van der Waals surface area contributed by atoms with Crippen molar-refractivity contribution < 1.29 is 29.1 Å². The van der Waals surface area contributed by atoms with Crippen LogP contribution in [-0.4, -0.2) is 76.9 Å². The summed E-state index contributed by atoms with van der Waals surface area (Å²) >= 11 is 0. The first-order valence-corrected chi connectivity index (χ1v) is 11.9. The second-order valence-electron chi connectivity index (χ2n) is 8.86. The molecule has 12 nitrogen and oxygen atoms in total. The molecule has 5 unspecified atom stereocenters. The minimum absolute atomic E-state index is 0.0378. The molecule has 1 aliphatic rings. The number of aliphatic carboxylic acids is 1. The third kappa shape index (κ3) is 8.90. The number of nitrogens with one attached hydrogen (secondary N) is 2. The van der Waals surface area contributed by atoms with Crippen molar-refractivity contribution in [1.82, 2.24) is 15.5 Å². The Hall–Kier alpha value is -2.73. The minimum Gasteiger partial charge on any atom is -0.480 e. The van der Waals surface area contributed by atoms with Crippen molar-refractivity contribution >= 4 is 29.6 Å². The molecule has 1 saturated heterocycles. The lowest BCUT2D eigenvalue weighted by Crippen LogP contribution is -2.58. The zero-order valence-corrected chi connectivity index (χ0v) is 20.1. The van der Waals surface area contributed by atoms with E-state index in [0.717, 1.165) is 0 Å². The molecule has 0 aromatic heterocycles. The van der Waals surface area contributed by atoms with Crippen LogP contribution in [0.1, 0.15) is 65.2 Å². The van der Waals surface area contributed by atoms with Gasteiger partial charge in [-0.3, -0.25) is 19.2 Å². The van der Waals surface area contributed by atoms with Crippen LogP contribution in [0.3, 0.4) is 0 Å². The number of carbonyl (C=O) groups is 5. The maximum Gasteiger partial charge on any atom is 0.326 e. The molecule has 0 aliphatic carbocycles. The molecule has 1 aliphatic heterocycles. The summed E-state index contributed by atoms with van der Waals surface area (Å²) in [7, 11) is 0. The van der Waals surface area contributed by atoms with Gasteiger partial charge >= 0.3 is 5.97 Å². The van der Waals surface area contributed by atoms with Gasteiger partial charge in [-0.15, -0.1) is 0 Å². The fourth-order valence-electron chi connectivity index (χ4n) is 3.90. The third-order valence-corrected chi connectivity index (χ3v) is 6.21. The van der Waals surface area contributed by atoms with E-state index in [1.54, 1.807) is 6.92 Å². The highest BCUT2D eigenvalue weighted by molar-refractivity contribution is 5.94. The Morgan fingerprint density at radius 1 is 1.12 bits per heavy atom. The van der Waals surface area contributed by atoms with Crippen molar-refractivity contribution in [3.63, 3.8) is 0 Å². The SMILES string of the molecule is CCC(C)C(NC(=O)C1CCCN1C(=O)C(N)CCC(N)=O)C(=O)NC(CCCCN)C(=O)O. The Balaban J connectivity index is 2.88. The number of hydrogen-bond donors (Lipinski definition) is 6. The molecule has 9 N–H and O–H groups in total. The predicted molar refractivity (Wildman–Crippen MR) is 125 cm³/mol. The number of nitrogens with zero attached hydrogens (tertiary/aromatic N) is 1. The first-order valence-electron chi connectivity index (χ1n) is 11.9. The lowest BCUT2D eigenvalue weighted by Gasteiger charge is -2.30. The fourth-order valence-corrected chi connectivity index (χ4v) is 3.90. The predicted octanol–water partition coefficient (Wildman–Crippen LogP) is -1.20. The van der Waals surface area contributed by atoms with Gasteiger partial charge in [-0.2, -0.15) is 0 Å². The molecule has 0 radical (unpaired) electrons. The zero-order chi connectivity index (χ0) is 25.8. The van der Waals surface area contributed by atoms with Gasteiger partial charge in [0.25, 0.3) is 0 Å². The summed E-state index contributed by atoms with van der Waals surface area (Å²) in [6.07, 6.45) is 3.02. The molecule has 1 rings (SSSR count). The summed E-state index contributed by atoms with van der Waals surface area (Å²) < 4.78 is 0. The first kappa shape index (κ1) is 29.3. The molecule has 0 spiro atoms. The normalized spacial score (nSPS) is 19.1. The molecule has 1 heterocycles. The maximum absolute atomic E-state index is 13.1. The molecule has 0 bridgehead atoms. The number of primary amides is 1. The number of rotatable bonds is 15. The summed E-state index contributed by atoms with van der Waals surface area (Å²) in [5, 5.41) is 14.7. The summed E-state index contributed by atoms with van der Waals surface area (Å²) in [5.74, 6) is -3.53. The van der Waals surface area contributed by atoms with E-state index in [4.69, 9.17) is 17.2 Å². The number of carbonyl (C=O) groups excluding carboxylic acids is 4. The van der Waals surface area contributed by atoms with Gasteiger partial charge in [-0.25, -0.2) is 4.79 Å². The zero-order valence-electron chi connectivity index (χ0n) is 20.1. The van der Waals surface area contributed by atoms with Crippen LogP contribution in [0.25, 0.3) is 0 Å². The van der Waals surface area contributed by atoms with Crippen LogP contribution in [-0.2, 0) is 24.0 Å².